The van der Waals surface area contributed by atoms with Crippen LogP contribution < -0.4 is 14.5 Å². The van der Waals surface area contributed by atoms with Crippen LogP contribution in [-0.2, 0) is 20.2 Å². The van der Waals surface area contributed by atoms with Gasteiger partial charge >= 0.3 is 0 Å². The molecule has 6 rings (SSSR count). The molecule has 1 fully saturated rings. The molecule has 0 atom stereocenters. The van der Waals surface area contributed by atoms with Crippen LogP contribution in [0.3, 0.4) is 0 Å². The van der Waals surface area contributed by atoms with Crippen molar-refractivity contribution in [2.45, 2.75) is 24.2 Å². The fourth-order valence-corrected chi connectivity index (χ4v) is 6.69. The van der Waals surface area contributed by atoms with Gasteiger partial charge in [-0.05, 0) is 36.4 Å². The van der Waals surface area contributed by atoms with Gasteiger partial charge in [-0.1, -0.05) is 32.0 Å². The van der Waals surface area contributed by atoms with Gasteiger partial charge in [-0.2, -0.15) is 4.98 Å². The van der Waals surface area contributed by atoms with Gasteiger partial charge in [0.1, 0.15) is 4.90 Å². The minimum atomic E-state index is -3.92. The van der Waals surface area contributed by atoms with Gasteiger partial charge in [0, 0.05) is 59.8 Å². The van der Waals surface area contributed by atoms with Gasteiger partial charge in [-0.15, -0.1) is 0 Å². The minimum absolute atomic E-state index is 0.168. The summed E-state index contributed by atoms with van der Waals surface area (Å²) in [6.45, 7) is 7.47. The van der Waals surface area contributed by atoms with E-state index in [1.165, 1.54) is 4.31 Å². The molecule has 2 aliphatic heterocycles. The number of morpholine rings is 1. The van der Waals surface area contributed by atoms with Crippen molar-refractivity contribution in [2.24, 2.45) is 0 Å². The number of hydrogen-bond acceptors (Lipinski definition) is 8. The van der Waals surface area contributed by atoms with Crippen LogP contribution in [0.4, 0.5) is 23.1 Å². The number of pyridine rings is 1. The van der Waals surface area contributed by atoms with Gasteiger partial charge in [0.15, 0.2) is 5.82 Å². The zero-order valence-corrected chi connectivity index (χ0v) is 21.6. The number of nitrogens with zero attached hydrogens (tertiary/aromatic N) is 5. The first-order valence-corrected chi connectivity index (χ1v) is 13.7. The lowest BCUT2D eigenvalue weighted by Gasteiger charge is -2.28. The molecule has 190 valence electrons. The van der Waals surface area contributed by atoms with Crippen LogP contribution in [0.15, 0.2) is 71.9 Å². The van der Waals surface area contributed by atoms with Crippen LogP contribution in [0.25, 0.3) is 10.9 Å². The summed E-state index contributed by atoms with van der Waals surface area (Å²) in [4.78, 5) is 16.0. The van der Waals surface area contributed by atoms with E-state index in [9.17, 15) is 8.42 Å². The Hall–Kier alpha value is -3.76. The van der Waals surface area contributed by atoms with Crippen LogP contribution in [0.1, 0.15) is 19.4 Å². The Morgan fingerprint density at radius 1 is 0.973 bits per heavy atom. The van der Waals surface area contributed by atoms with Crippen molar-refractivity contribution < 1.29 is 13.2 Å². The molecule has 1 saturated heterocycles. The lowest BCUT2D eigenvalue weighted by atomic mass is 9.89. The molecule has 0 bridgehead atoms. The van der Waals surface area contributed by atoms with Crippen molar-refractivity contribution in [2.75, 3.05) is 47.4 Å². The lowest BCUT2D eigenvalue weighted by Crippen LogP contribution is -2.36. The third kappa shape index (κ3) is 4.25. The van der Waals surface area contributed by atoms with E-state index in [-0.39, 0.29) is 11.4 Å². The first kappa shape index (κ1) is 23.6. The molecule has 9 nitrogen and oxygen atoms in total. The average molecular weight is 517 g/mol. The normalized spacial score (nSPS) is 17.1. The molecule has 0 unspecified atom stereocenters. The lowest BCUT2D eigenvalue weighted by molar-refractivity contribution is 0.122. The Morgan fingerprint density at radius 3 is 2.51 bits per heavy atom. The molecule has 0 aliphatic carbocycles. The van der Waals surface area contributed by atoms with Crippen LogP contribution in [0, 0.1) is 0 Å². The molecular weight excluding hydrogens is 488 g/mol. The molecule has 0 spiro atoms. The fraction of sp³-hybridized carbons (Fsp3) is 0.296. The maximum atomic E-state index is 13.9. The second-order valence-electron chi connectivity index (χ2n) is 9.93. The van der Waals surface area contributed by atoms with Crippen molar-refractivity contribution in [3.05, 3.63) is 72.6 Å². The molecule has 0 radical (unpaired) electrons. The van der Waals surface area contributed by atoms with Gasteiger partial charge in [0.2, 0.25) is 5.95 Å². The van der Waals surface area contributed by atoms with Gasteiger partial charge in [0.05, 0.1) is 18.7 Å². The minimum Gasteiger partial charge on any atom is -0.378 e. The molecule has 2 aromatic carbocycles. The Morgan fingerprint density at radius 2 is 1.73 bits per heavy atom. The summed E-state index contributed by atoms with van der Waals surface area (Å²) in [5, 5.41) is 4.00. The highest BCUT2D eigenvalue weighted by Crippen LogP contribution is 2.42. The Labute approximate surface area is 216 Å². The van der Waals surface area contributed by atoms with Crippen molar-refractivity contribution in [1.29, 1.82) is 0 Å². The molecule has 0 saturated carbocycles. The maximum Gasteiger partial charge on any atom is 0.267 e. The molecule has 37 heavy (non-hydrogen) atoms. The summed E-state index contributed by atoms with van der Waals surface area (Å²) < 4.78 is 34.7. The number of aromatic nitrogens is 3. The maximum absolute atomic E-state index is 13.9. The molecule has 2 aromatic heterocycles. The Balaban J connectivity index is 1.32. The average Bonchev–Trinajstić information content (AvgIpc) is 3.20. The zero-order chi connectivity index (χ0) is 25.6. The molecule has 2 aliphatic rings. The number of para-hydroxylation sites is 1. The largest absolute Gasteiger partial charge is 0.378 e. The summed E-state index contributed by atoms with van der Waals surface area (Å²) in [5.74, 6) is 0.729. The monoisotopic (exact) mass is 516 g/mol. The van der Waals surface area contributed by atoms with Crippen molar-refractivity contribution in [3.8, 4) is 0 Å². The van der Waals surface area contributed by atoms with Crippen molar-refractivity contribution in [1.82, 2.24) is 15.0 Å². The Kier molecular flexibility index (Phi) is 5.73. The number of benzene rings is 2. The standard InChI is InChI=1S/C27H28N6O3S/c1-27(2)18-33(37(34,35)23-7-3-5-19-6-4-12-28-24(19)23)25-22(27)17-29-26(31-25)30-20-8-10-21(11-9-20)32-13-15-36-16-14-32/h3-12,17H,13-16,18H2,1-2H3,(H,29,30,31). The summed E-state index contributed by atoms with van der Waals surface area (Å²) in [5.41, 5.74) is 2.74. The smallest absolute Gasteiger partial charge is 0.267 e. The van der Waals surface area contributed by atoms with Crippen LogP contribution in [0.5, 0.6) is 0 Å². The summed E-state index contributed by atoms with van der Waals surface area (Å²) in [6.07, 6.45) is 3.33. The predicted octanol–water partition coefficient (Wildman–Crippen LogP) is 4.09. The predicted molar refractivity (Wildman–Crippen MR) is 144 cm³/mol. The van der Waals surface area contributed by atoms with Crippen LogP contribution in [0.2, 0.25) is 0 Å². The van der Waals surface area contributed by atoms with Crippen molar-refractivity contribution >= 4 is 44.1 Å². The van der Waals surface area contributed by atoms with E-state index < -0.39 is 15.4 Å². The first-order valence-electron chi connectivity index (χ1n) is 12.3. The third-order valence-electron chi connectivity index (χ3n) is 6.94. The molecule has 4 heterocycles. The van der Waals surface area contributed by atoms with E-state index in [1.54, 1.807) is 30.6 Å². The number of rotatable bonds is 5. The highest BCUT2D eigenvalue weighted by Gasteiger charge is 2.43. The number of hydrogen-bond donors (Lipinski definition) is 1. The van der Waals surface area contributed by atoms with Gasteiger partial charge in [-0.3, -0.25) is 4.98 Å². The van der Waals surface area contributed by atoms with E-state index in [0.29, 0.717) is 17.3 Å². The van der Waals surface area contributed by atoms with Gasteiger partial charge in [0.25, 0.3) is 10.0 Å². The van der Waals surface area contributed by atoms with E-state index in [2.05, 4.69) is 37.3 Å². The van der Waals surface area contributed by atoms with Crippen LogP contribution >= 0.6 is 0 Å². The van der Waals surface area contributed by atoms with E-state index in [4.69, 9.17) is 4.74 Å². The fourth-order valence-electron chi connectivity index (χ4n) is 4.93. The highest BCUT2D eigenvalue weighted by atomic mass is 32.2. The SMILES string of the molecule is CC1(C)CN(S(=O)(=O)c2cccc3cccnc23)c2nc(Nc3ccc(N4CCOCC4)cc3)ncc21. The van der Waals surface area contributed by atoms with E-state index in [1.807, 2.05) is 38.1 Å². The first-order chi connectivity index (χ1) is 17.8. The highest BCUT2D eigenvalue weighted by molar-refractivity contribution is 7.93. The summed E-state index contributed by atoms with van der Waals surface area (Å²) in [6, 6.07) is 16.9. The Bertz CT molecular complexity index is 1560. The zero-order valence-electron chi connectivity index (χ0n) is 20.8. The number of fused-ring (bicyclic) bond motifs is 2. The molecule has 4 aromatic rings. The van der Waals surface area contributed by atoms with E-state index in [0.717, 1.165) is 48.6 Å². The molecule has 1 N–H and O–H groups in total. The number of nitrogens with one attached hydrogen (secondary N) is 1. The number of sulfonamides is 1. The van der Waals surface area contributed by atoms with Crippen molar-refractivity contribution in [3.63, 3.8) is 0 Å². The summed E-state index contributed by atoms with van der Waals surface area (Å²) in [7, 11) is -3.92. The number of anilines is 4. The van der Waals surface area contributed by atoms with E-state index >= 15 is 0 Å². The topological polar surface area (TPSA) is 101 Å². The number of ether oxygens (including phenoxy) is 1. The van der Waals surface area contributed by atoms with Gasteiger partial charge in [-0.25, -0.2) is 17.7 Å². The van der Waals surface area contributed by atoms with Crippen LogP contribution in [-0.4, -0.2) is 56.2 Å². The second-order valence-corrected chi connectivity index (χ2v) is 11.8. The third-order valence-corrected chi connectivity index (χ3v) is 8.70. The molecule has 10 heteroatoms. The second kappa shape index (κ2) is 8.97. The summed E-state index contributed by atoms with van der Waals surface area (Å²) >= 11 is 0. The molecular formula is C27H28N6O3S. The molecule has 0 amide bonds. The van der Waals surface area contributed by atoms with Gasteiger partial charge < -0.3 is 15.0 Å². The quantitative estimate of drug-likeness (QED) is 0.423.